The molecule has 0 aliphatic carbocycles. The molecule has 0 fully saturated rings. The van der Waals surface area contributed by atoms with Crippen molar-refractivity contribution in [2.24, 2.45) is 0 Å². The van der Waals surface area contributed by atoms with E-state index >= 15 is 0 Å². The van der Waals surface area contributed by atoms with Gasteiger partial charge in [0.15, 0.2) is 6.10 Å². The number of hydrogen-bond donors (Lipinski definition) is 5. The number of carbonyl (C=O) groups excluding carboxylic acids is 2. The molecule has 52 heavy (non-hydrogen) atoms. The molecule has 11 nitrogen and oxygen atoms in total. The van der Waals surface area contributed by atoms with Crippen LogP contribution in [0.25, 0.3) is 0 Å². The molecule has 12 heteroatoms. The molecular weight excluding hydrogens is 687 g/mol. The number of ether oxygens (including phenoxy) is 2. The zero-order valence-electron chi connectivity index (χ0n) is 32.0. The maximum absolute atomic E-state index is 12.4. The van der Waals surface area contributed by atoms with Crippen LogP contribution in [0.4, 0.5) is 0 Å². The molecule has 0 aliphatic heterocycles. The number of esters is 2. The van der Waals surface area contributed by atoms with Crippen LogP contribution in [0.2, 0.25) is 0 Å². The molecule has 0 bridgehead atoms. The summed E-state index contributed by atoms with van der Waals surface area (Å²) in [4.78, 5) is 42.8. The Balaban J connectivity index is 4.30. The Morgan fingerprint density at radius 3 is 1.62 bits per heavy atom. The highest BCUT2D eigenvalue weighted by atomic mass is 31.2. The normalized spacial score (nSPS) is 14.8. The molecule has 5 N–H and O–H groups in total. The van der Waals surface area contributed by atoms with Crippen LogP contribution in [-0.2, 0) is 28.2 Å². The summed E-state index contributed by atoms with van der Waals surface area (Å²) in [6.45, 7) is 3.28. The molecule has 0 spiro atoms. The second kappa shape index (κ2) is 34.6. The number of rotatable bonds is 35. The smallest absolute Gasteiger partial charge is 0.462 e. The fourth-order valence-electron chi connectivity index (χ4n) is 5.34. The maximum Gasteiger partial charge on any atom is 0.469 e. The lowest BCUT2D eigenvalue weighted by atomic mass is 10.0. The summed E-state index contributed by atoms with van der Waals surface area (Å²) < 4.78 is 26.1. The SMILES string of the molecule is CCCCCCCCCCCCCCCCC(=O)O[C@H](COC(=O)CCC[C@@H](O)[C@H](O)/C=C/C=C/C=C\C=C\[C@H](O)CCCCC)COP(=O)(O)O. The van der Waals surface area contributed by atoms with E-state index in [1.807, 2.05) is 0 Å². The molecule has 0 aromatic heterocycles. The van der Waals surface area contributed by atoms with E-state index in [1.165, 1.54) is 70.3 Å². The second-order valence-electron chi connectivity index (χ2n) is 13.5. The van der Waals surface area contributed by atoms with Crippen LogP contribution in [0.15, 0.2) is 48.6 Å². The molecule has 0 rings (SSSR count). The molecule has 0 aromatic carbocycles. The Hall–Kier alpha value is -2.11. The molecule has 0 aliphatic rings. The van der Waals surface area contributed by atoms with E-state index in [9.17, 15) is 29.5 Å². The van der Waals surface area contributed by atoms with Crippen LogP contribution < -0.4 is 0 Å². The van der Waals surface area contributed by atoms with Gasteiger partial charge in [-0.1, -0.05) is 165 Å². The first-order chi connectivity index (χ1) is 25.0. The summed E-state index contributed by atoms with van der Waals surface area (Å²) in [5.41, 5.74) is 0. The molecule has 0 saturated carbocycles. The highest BCUT2D eigenvalue weighted by molar-refractivity contribution is 7.46. The minimum atomic E-state index is -4.83. The summed E-state index contributed by atoms with van der Waals surface area (Å²) >= 11 is 0. The first-order valence-electron chi connectivity index (χ1n) is 19.8. The van der Waals surface area contributed by atoms with Gasteiger partial charge in [-0.2, -0.15) is 0 Å². The molecule has 0 unspecified atom stereocenters. The Morgan fingerprint density at radius 2 is 1.06 bits per heavy atom. The van der Waals surface area contributed by atoms with Crippen molar-refractivity contribution in [3.63, 3.8) is 0 Å². The Kier molecular flexibility index (Phi) is 33.2. The lowest BCUT2D eigenvalue weighted by Gasteiger charge is -2.18. The Bertz CT molecular complexity index is 1040. The summed E-state index contributed by atoms with van der Waals surface area (Å²) in [7, 11) is -4.83. The molecule has 4 atom stereocenters. The molecule has 0 heterocycles. The van der Waals surface area contributed by atoms with E-state index in [-0.39, 0.29) is 25.7 Å². The fourth-order valence-corrected chi connectivity index (χ4v) is 5.70. The van der Waals surface area contributed by atoms with E-state index in [1.54, 1.807) is 42.5 Å². The van der Waals surface area contributed by atoms with E-state index in [2.05, 4.69) is 18.4 Å². The highest BCUT2D eigenvalue weighted by Gasteiger charge is 2.23. The van der Waals surface area contributed by atoms with Gasteiger partial charge in [0, 0.05) is 12.8 Å². The first-order valence-corrected chi connectivity index (χ1v) is 21.3. The van der Waals surface area contributed by atoms with E-state index in [4.69, 9.17) is 19.3 Å². The molecule has 0 aromatic rings. The Morgan fingerprint density at radius 1 is 0.577 bits per heavy atom. The van der Waals surface area contributed by atoms with Gasteiger partial charge >= 0.3 is 19.8 Å². The average Bonchev–Trinajstić information content (AvgIpc) is 3.10. The van der Waals surface area contributed by atoms with Crippen LogP contribution in [0.5, 0.6) is 0 Å². The van der Waals surface area contributed by atoms with Crippen molar-refractivity contribution >= 4 is 19.8 Å². The first kappa shape index (κ1) is 49.9. The van der Waals surface area contributed by atoms with Crippen LogP contribution in [0, 0.1) is 0 Å². The third kappa shape index (κ3) is 34.9. The van der Waals surface area contributed by atoms with Crippen LogP contribution in [-0.4, -0.2) is 74.7 Å². The zero-order valence-corrected chi connectivity index (χ0v) is 32.9. The predicted molar refractivity (Wildman–Crippen MR) is 206 cm³/mol. The van der Waals surface area contributed by atoms with Gasteiger partial charge < -0.3 is 34.6 Å². The van der Waals surface area contributed by atoms with E-state index in [0.717, 1.165) is 44.9 Å². The third-order valence-corrected chi connectivity index (χ3v) is 8.95. The van der Waals surface area contributed by atoms with Gasteiger partial charge in [0.25, 0.3) is 0 Å². The molecule has 302 valence electrons. The highest BCUT2D eigenvalue weighted by Crippen LogP contribution is 2.36. The van der Waals surface area contributed by atoms with Gasteiger partial charge in [-0.3, -0.25) is 14.1 Å². The summed E-state index contributed by atoms with van der Waals surface area (Å²) in [5, 5.41) is 30.2. The second-order valence-corrected chi connectivity index (χ2v) is 14.7. The van der Waals surface area contributed by atoms with Crippen molar-refractivity contribution in [2.45, 2.75) is 180 Å². The lowest BCUT2D eigenvalue weighted by molar-refractivity contribution is -0.161. The standard InChI is InChI=1S/C40H71O11P/c1-3-5-7-8-9-10-11-12-13-14-15-16-21-25-31-40(45)51-36(34-50-52(46,47)48)33-49-39(44)32-26-30-38(43)37(42)29-24-20-18-17-19-23-28-35(41)27-22-6-4-2/h17-20,23-24,28-29,35-38,41-43H,3-16,21-22,25-27,30-34H2,1-2H3,(H2,46,47,48)/b19-17-,20-18+,28-23+,29-24+/t35-,36-,37-,38-/m1/s1. The minimum absolute atomic E-state index is 0.0852. The quantitative estimate of drug-likeness (QED) is 0.0181. The fraction of sp³-hybridized carbons (Fsp3) is 0.750. The van der Waals surface area contributed by atoms with Crippen LogP contribution in [0.3, 0.4) is 0 Å². The van der Waals surface area contributed by atoms with Gasteiger partial charge in [-0.05, 0) is 25.7 Å². The van der Waals surface area contributed by atoms with Crippen molar-refractivity contribution in [1.29, 1.82) is 0 Å². The van der Waals surface area contributed by atoms with Crippen molar-refractivity contribution in [1.82, 2.24) is 0 Å². The molecule has 0 radical (unpaired) electrons. The largest absolute Gasteiger partial charge is 0.469 e. The van der Waals surface area contributed by atoms with Gasteiger partial charge in [-0.25, -0.2) is 4.57 Å². The number of hydrogen-bond acceptors (Lipinski definition) is 9. The summed E-state index contributed by atoms with van der Waals surface area (Å²) in [5.74, 6) is -1.21. The molecule has 0 amide bonds. The lowest BCUT2D eigenvalue weighted by Crippen LogP contribution is -2.29. The van der Waals surface area contributed by atoms with Crippen molar-refractivity contribution in [3.05, 3.63) is 48.6 Å². The third-order valence-electron chi connectivity index (χ3n) is 8.47. The van der Waals surface area contributed by atoms with Gasteiger partial charge in [0.05, 0.1) is 24.9 Å². The van der Waals surface area contributed by atoms with Gasteiger partial charge in [0.2, 0.25) is 0 Å². The molecule has 0 saturated heterocycles. The predicted octanol–water partition coefficient (Wildman–Crippen LogP) is 8.48. The van der Waals surface area contributed by atoms with Crippen molar-refractivity contribution in [2.75, 3.05) is 13.2 Å². The minimum Gasteiger partial charge on any atom is -0.462 e. The average molecular weight is 759 g/mol. The van der Waals surface area contributed by atoms with Gasteiger partial charge in [-0.15, -0.1) is 0 Å². The number of carbonyl (C=O) groups is 2. The number of phosphoric acid groups is 1. The number of allylic oxidation sites excluding steroid dienone is 6. The number of unbranched alkanes of at least 4 members (excludes halogenated alkanes) is 15. The van der Waals surface area contributed by atoms with Crippen molar-refractivity contribution < 1.29 is 53.3 Å². The van der Waals surface area contributed by atoms with E-state index in [0.29, 0.717) is 6.42 Å². The van der Waals surface area contributed by atoms with Crippen LogP contribution >= 0.6 is 7.82 Å². The number of aliphatic hydroxyl groups is 3. The molecular formula is C40H71O11P. The topological polar surface area (TPSA) is 180 Å². The Labute approximate surface area is 313 Å². The summed E-state index contributed by atoms with van der Waals surface area (Å²) in [6, 6.07) is 0. The summed E-state index contributed by atoms with van der Waals surface area (Å²) in [6.07, 6.45) is 30.6. The number of aliphatic hydroxyl groups excluding tert-OH is 3. The zero-order chi connectivity index (χ0) is 38.7. The van der Waals surface area contributed by atoms with Crippen LogP contribution in [0.1, 0.15) is 155 Å². The van der Waals surface area contributed by atoms with Gasteiger partial charge in [0.1, 0.15) is 6.61 Å². The monoisotopic (exact) mass is 758 g/mol. The number of phosphoric ester groups is 1. The maximum atomic E-state index is 12.4. The van der Waals surface area contributed by atoms with Crippen molar-refractivity contribution in [3.8, 4) is 0 Å². The van der Waals surface area contributed by atoms with E-state index < -0.39 is 57.4 Å².